The van der Waals surface area contributed by atoms with Crippen molar-refractivity contribution < 1.29 is 8.42 Å². The number of hydrogen-bond acceptors (Lipinski definition) is 3. The summed E-state index contributed by atoms with van der Waals surface area (Å²) in [6.07, 6.45) is 0.839. The van der Waals surface area contributed by atoms with Crippen molar-refractivity contribution in [1.29, 1.82) is 0 Å². The molecule has 1 aromatic carbocycles. The van der Waals surface area contributed by atoms with E-state index in [9.17, 15) is 8.42 Å². The molecule has 0 radical (unpaired) electrons. The lowest BCUT2D eigenvalue weighted by atomic mass is 10.3. The van der Waals surface area contributed by atoms with E-state index in [0.717, 1.165) is 22.4 Å². The van der Waals surface area contributed by atoms with E-state index in [1.54, 1.807) is 24.3 Å². The van der Waals surface area contributed by atoms with E-state index >= 15 is 0 Å². The van der Waals surface area contributed by atoms with Crippen LogP contribution < -0.4 is 4.72 Å². The maximum absolute atomic E-state index is 12.1. The van der Waals surface area contributed by atoms with Crippen LogP contribution in [0.25, 0.3) is 0 Å². The van der Waals surface area contributed by atoms with Crippen LogP contribution in [0.3, 0.4) is 0 Å². The van der Waals surface area contributed by atoms with Crippen molar-refractivity contribution in [2.24, 2.45) is 0 Å². The van der Waals surface area contributed by atoms with Gasteiger partial charge >= 0.3 is 0 Å². The predicted octanol–water partition coefficient (Wildman–Crippen LogP) is 3.26. The molecule has 0 amide bonds. The average Bonchev–Trinajstić information content (AvgIpc) is 2.28. The Hall–Kier alpha value is -0.0400. The number of sulfonamides is 1. The molecule has 3 nitrogen and oxygen atoms in total. The van der Waals surface area contributed by atoms with Crippen LogP contribution in [0, 0.1) is 0 Å². The maximum Gasteiger partial charge on any atom is 0.240 e. The Morgan fingerprint density at radius 2 is 2.17 bits per heavy atom. The summed E-state index contributed by atoms with van der Waals surface area (Å²) in [5.74, 6) is 2.03. The van der Waals surface area contributed by atoms with Crippen molar-refractivity contribution in [2.75, 3.05) is 11.5 Å². The van der Waals surface area contributed by atoms with Gasteiger partial charge in [0.15, 0.2) is 0 Å². The van der Waals surface area contributed by atoms with Crippen molar-refractivity contribution >= 4 is 37.7 Å². The number of nitrogens with one attached hydrogen (secondary N) is 1. The molecule has 0 aromatic heterocycles. The molecule has 1 rings (SSSR count). The van der Waals surface area contributed by atoms with Gasteiger partial charge in [-0.3, -0.25) is 0 Å². The standard InChI is InChI=1S/C12H18BrNO2S2/c1-3-17-8-7-10(2)14-18(15,16)12-6-4-5-11(13)9-12/h4-6,9-10,14H,3,7-8H2,1-2H3. The van der Waals surface area contributed by atoms with E-state index in [-0.39, 0.29) is 6.04 Å². The smallest absolute Gasteiger partial charge is 0.208 e. The van der Waals surface area contributed by atoms with Crippen LogP contribution in [0.1, 0.15) is 20.3 Å². The van der Waals surface area contributed by atoms with Gasteiger partial charge in [-0.2, -0.15) is 11.8 Å². The van der Waals surface area contributed by atoms with Gasteiger partial charge in [-0.15, -0.1) is 0 Å². The van der Waals surface area contributed by atoms with Crippen LogP contribution in [-0.2, 0) is 10.0 Å². The molecule has 102 valence electrons. The first-order valence-electron chi connectivity index (χ1n) is 5.81. The van der Waals surface area contributed by atoms with E-state index in [2.05, 4.69) is 27.6 Å². The minimum absolute atomic E-state index is 0.0481. The molecule has 0 aliphatic rings. The van der Waals surface area contributed by atoms with E-state index in [1.807, 2.05) is 18.7 Å². The Morgan fingerprint density at radius 1 is 1.44 bits per heavy atom. The number of halogens is 1. The fourth-order valence-corrected chi connectivity index (χ4v) is 4.11. The molecule has 0 spiro atoms. The Kier molecular flexibility index (Phi) is 6.70. The third kappa shape index (κ3) is 5.30. The molecule has 0 saturated heterocycles. The molecule has 1 N–H and O–H groups in total. The van der Waals surface area contributed by atoms with Gasteiger partial charge in [0, 0.05) is 10.5 Å². The molecular formula is C12H18BrNO2S2. The highest BCUT2D eigenvalue weighted by atomic mass is 79.9. The lowest BCUT2D eigenvalue weighted by Crippen LogP contribution is -2.33. The topological polar surface area (TPSA) is 46.2 Å². The first kappa shape index (κ1) is 16.0. The highest BCUT2D eigenvalue weighted by molar-refractivity contribution is 9.10. The molecule has 1 atom stereocenters. The van der Waals surface area contributed by atoms with Gasteiger partial charge in [0.1, 0.15) is 0 Å². The van der Waals surface area contributed by atoms with Crippen LogP contribution in [0.15, 0.2) is 33.6 Å². The van der Waals surface area contributed by atoms with Crippen molar-refractivity contribution in [1.82, 2.24) is 4.72 Å². The third-order valence-corrected chi connectivity index (χ3v) is 5.38. The minimum Gasteiger partial charge on any atom is -0.208 e. The highest BCUT2D eigenvalue weighted by Crippen LogP contribution is 2.16. The van der Waals surface area contributed by atoms with Gasteiger partial charge in [-0.05, 0) is 43.0 Å². The highest BCUT2D eigenvalue weighted by Gasteiger charge is 2.17. The molecule has 0 saturated carbocycles. The van der Waals surface area contributed by atoms with Crippen LogP contribution >= 0.6 is 27.7 Å². The summed E-state index contributed by atoms with van der Waals surface area (Å²) in [5.41, 5.74) is 0. The Balaban J connectivity index is 2.64. The molecule has 0 aliphatic heterocycles. The normalized spacial score (nSPS) is 13.5. The second-order valence-electron chi connectivity index (χ2n) is 3.97. The van der Waals surface area contributed by atoms with Crippen LogP contribution in [0.5, 0.6) is 0 Å². The van der Waals surface area contributed by atoms with Gasteiger partial charge in [0.2, 0.25) is 10.0 Å². The minimum atomic E-state index is -3.41. The lowest BCUT2D eigenvalue weighted by molar-refractivity contribution is 0.557. The SMILES string of the molecule is CCSCCC(C)NS(=O)(=O)c1cccc(Br)c1. The first-order valence-corrected chi connectivity index (χ1v) is 9.24. The summed E-state index contributed by atoms with van der Waals surface area (Å²) in [4.78, 5) is 0.298. The number of hydrogen-bond donors (Lipinski definition) is 1. The summed E-state index contributed by atoms with van der Waals surface area (Å²) in [7, 11) is -3.41. The molecule has 0 fully saturated rings. The molecule has 1 aromatic rings. The molecule has 1 unspecified atom stereocenters. The van der Waals surface area contributed by atoms with Gasteiger partial charge in [-0.1, -0.05) is 28.9 Å². The summed E-state index contributed by atoms with van der Waals surface area (Å²) in [6.45, 7) is 3.99. The van der Waals surface area contributed by atoms with Gasteiger partial charge < -0.3 is 0 Å². The Labute approximate surface area is 122 Å². The van der Waals surface area contributed by atoms with Crippen LogP contribution in [-0.4, -0.2) is 26.0 Å². The van der Waals surface area contributed by atoms with E-state index in [0.29, 0.717) is 4.90 Å². The van der Waals surface area contributed by atoms with Crippen molar-refractivity contribution in [3.8, 4) is 0 Å². The van der Waals surface area contributed by atoms with E-state index < -0.39 is 10.0 Å². The average molecular weight is 352 g/mol. The summed E-state index contributed by atoms with van der Waals surface area (Å²) >= 11 is 5.09. The van der Waals surface area contributed by atoms with Gasteiger partial charge in [0.05, 0.1) is 4.90 Å². The van der Waals surface area contributed by atoms with Gasteiger partial charge in [-0.25, -0.2) is 13.1 Å². The van der Waals surface area contributed by atoms with Crippen LogP contribution in [0.4, 0.5) is 0 Å². The zero-order chi connectivity index (χ0) is 13.6. The van der Waals surface area contributed by atoms with E-state index in [4.69, 9.17) is 0 Å². The van der Waals surface area contributed by atoms with Crippen molar-refractivity contribution in [3.63, 3.8) is 0 Å². The molecule has 0 bridgehead atoms. The predicted molar refractivity (Wildman–Crippen MR) is 81.5 cm³/mol. The maximum atomic E-state index is 12.1. The largest absolute Gasteiger partial charge is 0.240 e. The number of rotatable bonds is 7. The Bertz CT molecular complexity index is 477. The quantitative estimate of drug-likeness (QED) is 0.766. The monoisotopic (exact) mass is 351 g/mol. The zero-order valence-corrected chi connectivity index (χ0v) is 13.7. The summed E-state index contributed by atoms with van der Waals surface area (Å²) < 4.78 is 27.6. The lowest BCUT2D eigenvalue weighted by Gasteiger charge is -2.14. The molecule has 0 heterocycles. The van der Waals surface area contributed by atoms with Crippen LogP contribution in [0.2, 0.25) is 0 Å². The third-order valence-electron chi connectivity index (χ3n) is 2.36. The van der Waals surface area contributed by atoms with Crippen molar-refractivity contribution in [3.05, 3.63) is 28.7 Å². The molecule has 18 heavy (non-hydrogen) atoms. The van der Waals surface area contributed by atoms with Gasteiger partial charge in [0.25, 0.3) is 0 Å². The molecule has 0 aliphatic carbocycles. The zero-order valence-electron chi connectivity index (χ0n) is 10.5. The number of benzene rings is 1. The molecule has 6 heteroatoms. The Morgan fingerprint density at radius 3 is 2.78 bits per heavy atom. The second kappa shape index (κ2) is 7.53. The molecular weight excluding hydrogens is 334 g/mol. The summed E-state index contributed by atoms with van der Waals surface area (Å²) in [6, 6.07) is 6.68. The second-order valence-corrected chi connectivity index (χ2v) is 7.99. The number of thioether (sulfide) groups is 1. The fraction of sp³-hybridized carbons (Fsp3) is 0.500. The summed E-state index contributed by atoms with van der Waals surface area (Å²) in [5, 5.41) is 0. The van der Waals surface area contributed by atoms with E-state index in [1.165, 1.54) is 0 Å². The van der Waals surface area contributed by atoms with Crippen molar-refractivity contribution in [2.45, 2.75) is 31.2 Å². The fourth-order valence-electron chi connectivity index (χ4n) is 1.43. The first-order chi connectivity index (χ1) is 8.45.